The van der Waals surface area contributed by atoms with Crippen LogP contribution in [0.1, 0.15) is 53.2 Å². The second-order valence-electron chi connectivity index (χ2n) is 7.64. The number of fused-ring (bicyclic) bond motifs is 3. The van der Waals surface area contributed by atoms with Crippen LogP contribution in [0.15, 0.2) is 24.3 Å². The Labute approximate surface area is 171 Å². The van der Waals surface area contributed by atoms with Crippen LogP contribution in [0.4, 0.5) is 8.78 Å². The lowest BCUT2D eigenvalue weighted by Gasteiger charge is -2.36. The quantitative estimate of drug-likeness (QED) is 0.771. The number of hydrogen-bond donors (Lipinski definition) is 2. The highest BCUT2D eigenvalue weighted by Crippen LogP contribution is 2.33. The Morgan fingerprint density at radius 1 is 1.33 bits per heavy atom. The molecule has 2 N–H and O–H groups in total. The molecule has 8 nitrogen and oxygen atoms in total. The summed E-state index contributed by atoms with van der Waals surface area (Å²) in [5, 5.41) is 17.5. The van der Waals surface area contributed by atoms with E-state index in [0.29, 0.717) is 24.2 Å². The van der Waals surface area contributed by atoms with Gasteiger partial charge >= 0.3 is 12.6 Å². The molecule has 30 heavy (non-hydrogen) atoms. The van der Waals surface area contributed by atoms with Crippen LogP contribution >= 0.6 is 0 Å². The molecule has 0 spiro atoms. The minimum absolute atomic E-state index is 0.0154. The molecule has 2 aromatic rings. The summed E-state index contributed by atoms with van der Waals surface area (Å²) in [5.74, 6) is -1.35. The van der Waals surface area contributed by atoms with Crippen molar-refractivity contribution < 1.29 is 28.2 Å². The number of nitrogens with zero attached hydrogens (tertiary/aromatic N) is 3. The van der Waals surface area contributed by atoms with Crippen molar-refractivity contribution in [3.05, 3.63) is 46.8 Å². The van der Waals surface area contributed by atoms with Crippen molar-refractivity contribution >= 4 is 11.9 Å². The van der Waals surface area contributed by atoms with Crippen LogP contribution in [0.25, 0.3) is 0 Å². The van der Waals surface area contributed by atoms with Gasteiger partial charge in [0.25, 0.3) is 5.91 Å². The largest absolute Gasteiger partial charge is 0.480 e. The topological polar surface area (TPSA) is 96.7 Å². The van der Waals surface area contributed by atoms with E-state index >= 15 is 0 Å². The highest BCUT2D eigenvalue weighted by molar-refractivity contribution is 5.97. The number of aromatic nitrogens is 2. The molecule has 10 heteroatoms. The third-order valence-corrected chi connectivity index (χ3v) is 5.69. The van der Waals surface area contributed by atoms with Crippen LogP contribution in [-0.4, -0.2) is 50.9 Å². The fourth-order valence-corrected chi connectivity index (χ4v) is 4.06. The number of carbonyl (C=O) groups is 2. The third kappa shape index (κ3) is 3.51. The average Bonchev–Trinajstić information content (AvgIpc) is 3.06. The van der Waals surface area contributed by atoms with Crippen molar-refractivity contribution in [2.45, 2.75) is 51.6 Å². The summed E-state index contributed by atoms with van der Waals surface area (Å²) in [5.41, 5.74) is 2.47. The Hall–Kier alpha value is -3.01. The number of carboxylic acid groups (broad SMARTS) is 1. The number of ether oxygens (including phenoxy) is 1. The van der Waals surface area contributed by atoms with E-state index in [1.54, 1.807) is 19.1 Å². The first-order chi connectivity index (χ1) is 14.3. The number of nitrogens with one attached hydrogen (secondary N) is 1. The molecule has 0 bridgehead atoms. The van der Waals surface area contributed by atoms with Gasteiger partial charge in [-0.15, -0.1) is 0 Å². The number of alkyl halides is 2. The van der Waals surface area contributed by atoms with Crippen LogP contribution < -0.4 is 10.1 Å². The number of carbonyl (C=O) groups excluding carboxylic acids is 1. The highest BCUT2D eigenvalue weighted by Gasteiger charge is 2.42. The van der Waals surface area contributed by atoms with Gasteiger partial charge in [-0.05, 0) is 31.5 Å². The first kappa shape index (κ1) is 20.3. The lowest BCUT2D eigenvalue weighted by Crippen LogP contribution is -2.47. The van der Waals surface area contributed by atoms with Crippen molar-refractivity contribution in [1.82, 2.24) is 20.0 Å². The molecule has 1 amide bonds. The number of rotatable bonds is 5. The van der Waals surface area contributed by atoms with Gasteiger partial charge in [0.05, 0.1) is 18.3 Å². The summed E-state index contributed by atoms with van der Waals surface area (Å²) in [6.07, 6.45) is 0.621. The van der Waals surface area contributed by atoms with Gasteiger partial charge in [0.1, 0.15) is 11.4 Å². The maximum absolute atomic E-state index is 13.3. The molecule has 4 rings (SSSR count). The second-order valence-corrected chi connectivity index (χ2v) is 7.64. The van der Waals surface area contributed by atoms with Crippen molar-refractivity contribution in [3.63, 3.8) is 0 Å². The Morgan fingerprint density at radius 3 is 2.67 bits per heavy atom. The number of benzene rings is 1. The second kappa shape index (κ2) is 7.67. The minimum Gasteiger partial charge on any atom is -0.480 e. The molecule has 1 aromatic heterocycles. The van der Waals surface area contributed by atoms with Gasteiger partial charge in [0.2, 0.25) is 0 Å². The van der Waals surface area contributed by atoms with Crippen LogP contribution in [0, 0.1) is 0 Å². The molecule has 3 atom stereocenters. The van der Waals surface area contributed by atoms with Gasteiger partial charge in [-0.3, -0.25) is 4.79 Å². The smallest absolute Gasteiger partial charge is 0.387 e. The summed E-state index contributed by atoms with van der Waals surface area (Å²) in [7, 11) is 0. The van der Waals surface area contributed by atoms with Gasteiger partial charge in [-0.1, -0.05) is 12.1 Å². The molecule has 2 aliphatic rings. The van der Waals surface area contributed by atoms with Gasteiger partial charge in [0, 0.05) is 24.6 Å². The summed E-state index contributed by atoms with van der Waals surface area (Å²) in [4.78, 5) is 26.8. The Balaban J connectivity index is 1.67. The Bertz CT molecular complexity index is 976. The number of amides is 1. The molecular formula is C20H22F2N4O4. The summed E-state index contributed by atoms with van der Waals surface area (Å²) < 4.78 is 30.4. The van der Waals surface area contributed by atoms with Crippen molar-refractivity contribution in [2.24, 2.45) is 0 Å². The predicted octanol–water partition coefficient (Wildman–Crippen LogP) is 2.36. The first-order valence-electron chi connectivity index (χ1n) is 9.68. The average molecular weight is 420 g/mol. The zero-order chi connectivity index (χ0) is 21.6. The molecule has 0 unspecified atom stereocenters. The molecule has 0 saturated carbocycles. The third-order valence-electron chi connectivity index (χ3n) is 5.69. The lowest BCUT2D eigenvalue weighted by molar-refractivity contribution is -0.142. The van der Waals surface area contributed by atoms with Crippen LogP contribution in [-0.2, 0) is 17.8 Å². The van der Waals surface area contributed by atoms with E-state index in [2.05, 4.69) is 15.2 Å². The predicted molar refractivity (Wildman–Crippen MR) is 101 cm³/mol. The maximum atomic E-state index is 13.3. The molecule has 3 heterocycles. The molecule has 0 aliphatic carbocycles. The van der Waals surface area contributed by atoms with Crippen molar-refractivity contribution in [3.8, 4) is 5.75 Å². The summed E-state index contributed by atoms with van der Waals surface area (Å²) in [6.45, 7) is 1.27. The minimum atomic E-state index is -2.92. The maximum Gasteiger partial charge on any atom is 0.387 e. The van der Waals surface area contributed by atoms with Crippen molar-refractivity contribution in [2.75, 3.05) is 6.54 Å². The van der Waals surface area contributed by atoms with E-state index in [-0.39, 0.29) is 24.2 Å². The zero-order valence-corrected chi connectivity index (χ0v) is 16.5. The van der Waals surface area contributed by atoms with Crippen molar-refractivity contribution in [1.29, 1.82) is 0 Å². The van der Waals surface area contributed by atoms with Gasteiger partial charge in [-0.2, -0.15) is 13.9 Å². The molecule has 2 aliphatic heterocycles. The Kier molecular flexibility index (Phi) is 5.19. The fourth-order valence-electron chi connectivity index (χ4n) is 4.06. The SMILES string of the molecule is C[C@@H]1Cc2nn3c(c2CN1)C(=O)N([C@@H](C)c1ccc(OC(F)F)cc1)C[C@H]3C(=O)O. The normalized spacial score (nSPS) is 21.9. The van der Waals surface area contributed by atoms with Crippen LogP contribution in [0.2, 0.25) is 0 Å². The van der Waals surface area contributed by atoms with E-state index in [1.165, 1.54) is 21.7 Å². The van der Waals surface area contributed by atoms with E-state index in [4.69, 9.17) is 0 Å². The monoisotopic (exact) mass is 420 g/mol. The standard InChI is InChI=1S/C20H22F2N4O4/c1-10-7-15-14(8-23-10)17-18(27)25(9-16(19(28)29)26(17)24-15)11(2)12-3-5-13(6-4-12)30-20(21)22/h3-6,10-11,16,20,23H,7-9H2,1-2H3,(H,28,29)/t10-,11+,16+/m1/s1. The van der Waals surface area contributed by atoms with E-state index in [9.17, 15) is 23.5 Å². The number of hydrogen-bond acceptors (Lipinski definition) is 5. The first-order valence-corrected chi connectivity index (χ1v) is 9.68. The van der Waals surface area contributed by atoms with E-state index in [0.717, 1.165) is 11.3 Å². The van der Waals surface area contributed by atoms with Crippen LogP contribution in [0.3, 0.4) is 0 Å². The van der Waals surface area contributed by atoms with Gasteiger partial charge < -0.3 is 20.1 Å². The zero-order valence-electron chi connectivity index (χ0n) is 16.5. The van der Waals surface area contributed by atoms with Gasteiger partial charge in [-0.25, -0.2) is 9.48 Å². The highest BCUT2D eigenvalue weighted by atomic mass is 19.3. The summed E-state index contributed by atoms with van der Waals surface area (Å²) >= 11 is 0. The van der Waals surface area contributed by atoms with E-state index < -0.39 is 24.7 Å². The summed E-state index contributed by atoms with van der Waals surface area (Å²) in [6, 6.07) is 4.72. The molecule has 0 radical (unpaired) electrons. The van der Waals surface area contributed by atoms with E-state index in [1.807, 2.05) is 6.92 Å². The molecule has 0 fully saturated rings. The Morgan fingerprint density at radius 2 is 2.03 bits per heavy atom. The number of carboxylic acids is 1. The lowest BCUT2D eigenvalue weighted by atomic mass is 9.99. The van der Waals surface area contributed by atoms with Crippen LogP contribution in [0.5, 0.6) is 5.75 Å². The molecule has 0 saturated heterocycles. The van der Waals surface area contributed by atoms with Gasteiger partial charge in [0.15, 0.2) is 6.04 Å². The fraction of sp³-hybridized carbons (Fsp3) is 0.450. The number of aliphatic carboxylic acids is 1. The molecule has 1 aromatic carbocycles. The number of halogens is 2. The molecular weight excluding hydrogens is 398 g/mol. The molecule has 160 valence electrons.